The number of nitrogens with zero attached hydrogens (tertiary/aromatic N) is 2. The fourth-order valence-electron chi connectivity index (χ4n) is 4.58. The lowest BCUT2D eigenvalue weighted by atomic mass is 9.96. The fourth-order valence-corrected chi connectivity index (χ4v) is 4.58. The molecule has 2 unspecified atom stereocenters. The molecule has 2 aromatic rings. The van der Waals surface area contributed by atoms with Crippen molar-refractivity contribution in [3.05, 3.63) is 77.0 Å². The second kappa shape index (κ2) is 6.77. The van der Waals surface area contributed by atoms with Gasteiger partial charge in [-0.3, -0.25) is 4.90 Å². The van der Waals surface area contributed by atoms with Gasteiger partial charge in [0.2, 0.25) is 0 Å². The van der Waals surface area contributed by atoms with Crippen LogP contribution in [0.25, 0.3) is 17.1 Å². The minimum absolute atomic E-state index is 0.657. The van der Waals surface area contributed by atoms with Gasteiger partial charge in [0.15, 0.2) is 0 Å². The second-order valence-electron chi connectivity index (χ2n) is 7.64. The first-order chi connectivity index (χ1) is 12.6. The molecule has 2 aliphatic rings. The number of hydrogen-bond donors (Lipinski definition) is 0. The van der Waals surface area contributed by atoms with Crippen LogP contribution in [-0.4, -0.2) is 22.6 Å². The molecule has 3 heterocycles. The third kappa shape index (κ3) is 2.79. The van der Waals surface area contributed by atoms with Crippen molar-refractivity contribution in [1.82, 2.24) is 9.47 Å². The third-order valence-electron chi connectivity index (χ3n) is 5.77. The summed E-state index contributed by atoms with van der Waals surface area (Å²) in [6, 6.07) is 6.90. The van der Waals surface area contributed by atoms with Crippen LogP contribution in [0.3, 0.4) is 0 Å². The van der Waals surface area contributed by atoms with E-state index < -0.39 is 0 Å². The number of hydrogen-bond acceptors (Lipinski definition) is 1. The molecule has 0 aliphatic carbocycles. The predicted molar refractivity (Wildman–Crippen MR) is 112 cm³/mol. The minimum atomic E-state index is 0.657. The first-order valence-electron chi connectivity index (χ1n) is 9.62. The van der Waals surface area contributed by atoms with E-state index in [0.717, 1.165) is 6.54 Å². The minimum Gasteiger partial charge on any atom is -0.319 e. The molecule has 4 rings (SSSR count). The number of allylic oxidation sites excluding steroid dienone is 6. The maximum atomic E-state index is 3.87. The monoisotopic (exact) mass is 344 g/mol. The molecule has 0 amide bonds. The molecule has 1 fully saturated rings. The molecular formula is C24H28N2. The van der Waals surface area contributed by atoms with Gasteiger partial charge in [0, 0.05) is 36.3 Å². The van der Waals surface area contributed by atoms with Gasteiger partial charge >= 0.3 is 0 Å². The number of aryl methyl sites for hydroxylation is 1. The van der Waals surface area contributed by atoms with Gasteiger partial charge in [-0.2, -0.15) is 0 Å². The number of fused-ring (bicyclic) bond motifs is 6. The molecule has 2 bridgehead atoms. The highest BCUT2D eigenvalue weighted by molar-refractivity contribution is 5.89. The van der Waals surface area contributed by atoms with Crippen molar-refractivity contribution >= 4 is 17.1 Å². The van der Waals surface area contributed by atoms with Gasteiger partial charge in [-0.15, -0.1) is 0 Å². The van der Waals surface area contributed by atoms with Crippen LogP contribution in [0.1, 0.15) is 43.0 Å². The largest absolute Gasteiger partial charge is 0.319 e. The lowest BCUT2D eigenvalue weighted by Crippen LogP contribution is -2.25. The summed E-state index contributed by atoms with van der Waals surface area (Å²) in [4.78, 5) is 2.61. The van der Waals surface area contributed by atoms with Crippen LogP contribution in [0, 0.1) is 6.92 Å². The molecule has 2 aliphatic heterocycles. The summed E-state index contributed by atoms with van der Waals surface area (Å²) in [6.45, 7) is 13.9. The highest BCUT2D eigenvalue weighted by Gasteiger charge is 2.35. The summed E-state index contributed by atoms with van der Waals surface area (Å²) in [6.07, 6.45) is 11.8. The Morgan fingerprint density at radius 1 is 1.31 bits per heavy atom. The number of rotatable bonds is 4. The average Bonchev–Trinajstić information content (AvgIpc) is 3.14. The van der Waals surface area contributed by atoms with Crippen molar-refractivity contribution in [2.75, 3.05) is 13.1 Å². The van der Waals surface area contributed by atoms with Gasteiger partial charge in [0.1, 0.15) is 0 Å². The summed E-state index contributed by atoms with van der Waals surface area (Å²) < 4.78 is 2.48. The van der Waals surface area contributed by atoms with E-state index in [-0.39, 0.29) is 0 Å². The Morgan fingerprint density at radius 3 is 2.92 bits per heavy atom. The molecule has 134 valence electrons. The summed E-state index contributed by atoms with van der Waals surface area (Å²) in [5, 5.41) is 1.43. The van der Waals surface area contributed by atoms with E-state index in [1.165, 1.54) is 52.8 Å². The maximum Gasteiger partial charge on any atom is 0.0529 e. The lowest BCUT2D eigenvalue weighted by Gasteiger charge is -2.24. The molecule has 26 heavy (non-hydrogen) atoms. The lowest BCUT2D eigenvalue weighted by molar-refractivity contribution is 0.313. The molecule has 0 saturated carbocycles. The summed E-state index contributed by atoms with van der Waals surface area (Å²) >= 11 is 0. The zero-order valence-corrected chi connectivity index (χ0v) is 16.1. The Balaban J connectivity index is 1.94. The number of benzene rings is 1. The van der Waals surface area contributed by atoms with Gasteiger partial charge in [0.25, 0.3) is 0 Å². The smallest absolute Gasteiger partial charge is 0.0529 e. The van der Waals surface area contributed by atoms with Crippen molar-refractivity contribution in [2.45, 2.75) is 39.7 Å². The van der Waals surface area contributed by atoms with E-state index in [0.29, 0.717) is 5.92 Å². The quantitative estimate of drug-likeness (QED) is 0.636. The molecule has 1 aromatic heterocycles. The van der Waals surface area contributed by atoms with Crippen LogP contribution in [-0.2, 0) is 6.54 Å². The topological polar surface area (TPSA) is 8.17 Å². The Kier molecular flexibility index (Phi) is 4.46. The molecule has 1 aromatic carbocycles. The summed E-state index contributed by atoms with van der Waals surface area (Å²) in [5.74, 6) is 0.657. The normalized spacial score (nSPS) is 23.0. The van der Waals surface area contributed by atoms with Crippen LogP contribution < -0.4 is 0 Å². The zero-order chi connectivity index (χ0) is 18.3. The van der Waals surface area contributed by atoms with Crippen LogP contribution in [0.4, 0.5) is 0 Å². The summed E-state index contributed by atoms with van der Waals surface area (Å²) in [5.41, 5.74) is 8.25. The van der Waals surface area contributed by atoms with Gasteiger partial charge in [0.05, 0.1) is 5.52 Å². The first-order valence-corrected chi connectivity index (χ1v) is 9.62. The van der Waals surface area contributed by atoms with E-state index in [1.807, 2.05) is 6.08 Å². The van der Waals surface area contributed by atoms with Gasteiger partial charge in [-0.25, -0.2) is 0 Å². The Bertz CT molecular complexity index is 952. The van der Waals surface area contributed by atoms with E-state index in [1.54, 1.807) is 5.56 Å². The zero-order valence-electron chi connectivity index (χ0n) is 16.1. The number of aromatic nitrogens is 1. The van der Waals surface area contributed by atoms with Crippen LogP contribution >= 0.6 is 0 Å². The second-order valence-corrected chi connectivity index (χ2v) is 7.64. The average molecular weight is 345 g/mol. The highest BCUT2D eigenvalue weighted by Crippen LogP contribution is 2.42. The molecular weight excluding hydrogens is 316 g/mol. The molecule has 0 radical (unpaired) electrons. The van der Waals surface area contributed by atoms with E-state index in [2.05, 4.69) is 79.4 Å². The fraction of sp³-hybridized carbons (Fsp3) is 0.333. The van der Waals surface area contributed by atoms with Crippen molar-refractivity contribution in [1.29, 1.82) is 0 Å². The Hall–Kier alpha value is -2.32. The first kappa shape index (κ1) is 17.1. The molecule has 1 saturated heterocycles. The Labute approximate surface area is 156 Å². The van der Waals surface area contributed by atoms with E-state index in [4.69, 9.17) is 0 Å². The van der Waals surface area contributed by atoms with Gasteiger partial charge in [-0.05, 0) is 62.6 Å². The summed E-state index contributed by atoms with van der Waals surface area (Å²) in [7, 11) is 0. The predicted octanol–water partition coefficient (Wildman–Crippen LogP) is 5.80. The molecule has 0 spiro atoms. The molecule has 2 atom stereocenters. The third-order valence-corrected chi connectivity index (χ3v) is 5.77. The van der Waals surface area contributed by atoms with Gasteiger partial charge in [-0.1, -0.05) is 42.5 Å². The van der Waals surface area contributed by atoms with Crippen LogP contribution in [0.2, 0.25) is 0 Å². The molecule has 2 nitrogen and oxygen atoms in total. The van der Waals surface area contributed by atoms with Crippen molar-refractivity contribution < 1.29 is 0 Å². The highest BCUT2D eigenvalue weighted by atomic mass is 15.2. The van der Waals surface area contributed by atoms with Crippen molar-refractivity contribution in [2.24, 2.45) is 0 Å². The van der Waals surface area contributed by atoms with E-state index >= 15 is 0 Å². The van der Waals surface area contributed by atoms with Crippen molar-refractivity contribution in [3.8, 4) is 0 Å². The Morgan fingerprint density at radius 2 is 2.15 bits per heavy atom. The standard InChI is InChI=1S/C24H28N2/c1-5-7-19(8-6-2)18(4)14-26-23-10-9-17(3)13-21(23)22-16-25-12-11-20(15-25)24(22)26/h5-10,13-14,20H,1,11-12,15-16H2,2-4H3/b8-6-,18-14+,19-7+. The molecule has 0 N–H and O–H groups in total. The maximum absolute atomic E-state index is 3.87. The SMILES string of the molecule is C=C/C=C(\C=C/C)C(/C)=C/n1c2c(c3cc(C)ccc31)CN1CCC2C1. The van der Waals surface area contributed by atoms with Crippen molar-refractivity contribution in [3.63, 3.8) is 0 Å². The van der Waals surface area contributed by atoms with E-state index in [9.17, 15) is 0 Å². The van der Waals surface area contributed by atoms with Crippen LogP contribution in [0.15, 0.2) is 60.2 Å². The van der Waals surface area contributed by atoms with Gasteiger partial charge < -0.3 is 4.57 Å². The molecule has 2 heteroatoms. The van der Waals surface area contributed by atoms with Crippen LogP contribution in [0.5, 0.6) is 0 Å².